The van der Waals surface area contributed by atoms with Crippen LogP contribution in [0.1, 0.15) is 38.3 Å². The number of carbonyl (C=O) groups is 1. The van der Waals surface area contributed by atoms with E-state index in [0.29, 0.717) is 12.8 Å². The minimum absolute atomic E-state index is 0.0331. The summed E-state index contributed by atoms with van der Waals surface area (Å²) in [5, 5.41) is 12.2. The van der Waals surface area contributed by atoms with Crippen LogP contribution < -0.4 is 10.1 Å². The molecule has 1 rings (SSSR count). The smallest absolute Gasteiger partial charge is 0.224 e. The van der Waals surface area contributed by atoms with Crippen LogP contribution in [0.25, 0.3) is 0 Å². The first-order chi connectivity index (χ1) is 9.77. The van der Waals surface area contributed by atoms with Crippen molar-refractivity contribution in [2.24, 2.45) is 5.41 Å². The quantitative estimate of drug-likeness (QED) is 0.847. The van der Waals surface area contributed by atoms with Crippen molar-refractivity contribution in [3.8, 4) is 5.75 Å². The fourth-order valence-electron chi connectivity index (χ4n) is 2.26. The fraction of sp³-hybridized carbons (Fsp3) is 0.588. The maximum Gasteiger partial charge on any atom is 0.224 e. The van der Waals surface area contributed by atoms with Gasteiger partial charge in [-0.2, -0.15) is 0 Å². The zero-order chi connectivity index (χ0) is 16.0. The summed E-state index contributed by atoms with van der Waals surface area (Å²) in [6.45, 7) is 8.22. The van der Waals surface area contributed by atoms with Crippen LogP contribution in [0, 0.1) is 12.3 Å². The first-order valence-corrected chi connectivity index (χ1v) is 7.31. The topological polar surface area (TPSA) is 58.6 Å². The molecule has 118 valence electrons. The van der Waals surface area contributed by atoms with Gasteiger partial charge in [-0.1, -0.05) is 32.9 Å². The number of nitrogens with one attached hydrogen (secondary N) is 1. The molecule has 1 unspecified atom stereocenters. The molecule has 0 radical (unpaired) electrons. The van der Waals surface area contributed by atoms with Crippen LogP contribution in [-0.2, 0) is 11.2 Å². The number of ether oxygens (including phenoxy) is 1. The van der Waals surface area contributed by atoms with Crippen molar-refractivity contribution >= 4 is 5.91 Å². The number of aliphatic hydroxyl groups excluding tert-OH is 1. The summed E-state index contributed by atoms with van der Waals surface area (Å²) in [6, 6.07) is 5.75. The lowest BCUT2D eigenvalue weighted by molar-refractivity contribution is -0.122. The van der Waals surface area contributed by atoms with Gasteiger partial charge >= 0.3 is 0 Å². The van der Waals surface area contributed by atoms with Crippen LogP contribution in [0.4, 0.5) is 0 Å². The number of aliphatic hydroxyl groups is 1. The molecule has 2 N–H and O–H groups in total. The number of methoxy groups -OCH3 is 1. The molecule has 0 aliphatic carbocycles. The van der Waals surface area contributed by atoms with Crippen LogP contribution in [-0.4, -0.2) is 30.8 Å². The van der Waals surface area contributed by atoms with E-state index in [9.17, 15) is 4.79 Å². The number of carbonyl (C=O) groups excluding carboxylic acids is 1. The van der Waals surface area contributed by atoms with Crippen molar-refractivity contribution in [2.45, 2.75) is 46.6 Å². The molecule has 1 amide bonds. The normalized spacial score (nSPS) is 12.9. The van der Waals surface area contributed by atoms with Gasteiger partial charge in [-0.25, -0.2) is 0 Å². The Morgan fingerprint density at radius 3 is 2.57 bits per heavy atom. The molecular weight excluding hydrogens is 266 g/mol. The number of hydrogen-bond acceptors (Lipinski definition) is 3. The molecule has 4 heteroatoms. The van der Waals surface area contributed by atoms with E-state index in [0.717, 1.165) is 16.9 Å². The molecule has 0 aromatic heterocycles. The predicted octanol–water partition coefficient (Wildman–Crippen LogP) is 2.46. The van der Waals surface area contributed by atoms with E-state index in [2.05, 4.69) is 26.1 Å². The van der Waals surface area contributed by atoms with Gasteiger partial charge < -0.3 is 15.2 Å². The molecule has 0 aliphatic rings. The van der Waals surface area contributed by atoms with Crippen molar-refractivity contribution in [3.05, 3.63) is 29.3 Å². The average Bonchev–Trinajstić information content (AvgIpc) is 2.39. The van der Waals surface area contributed by atoms with Crippen LogP contribution in [0.2, 0.25) is 0 Å². The Bertz CT molecular complexity index is 477. The Hall–Kier alpha value is -1.55. The second-order valence-corrected chi connectivity index (χ2v) is 6.48. The number of rotatable bonds is 6. The zero-order valence-electron chi connectivity index (χ0n) is 13.7. The van der Waals surface area contributed by atoms with Crippen LogP contribution in [0.15, 0.2) is 18.2 Å². The third-order valence-electron chi connectivity index (χ3n) is 3.64. The van der Waals surface area contributed by atoms with Crippen LogP contribution >= 0.6 is 0 Å². The summed E-state index contributed by atoms with van der Waals surface area (Å²) in [5.41, 5.74) is 1.89. The summed E-state index contributed by atoms with van der Waals surface area (Å²) in [4.78, 5) is 12.2. The Morgan fingerprint density at radius 2 is 2.05 bits per heavy atom. The molecule has 0 bridgehead atoms. The van der Waals surface area contributed by atoms with Gasteiger partial charge in [0.2, 0.25) is 5.91 Å². The number of aryl methyl sites for hydroxylation is 1. The molecule has 0 saturated heterocycles. The van der Waals surface area contributed by atoms with Crippen LogP contribution in [0.5, 0.6) is 5.75 Å². The van der Waals surface area contributed by atoms with E-state index in [4.69, 9.17) is 9.84 Å². The summed E-state index contributed by atoms with van der Waals surface area (Å²) in [6.07, 6.45) is 0.876. The maximum absolute atomic E-state index is 12.2. The van der Waals surface area contributed by atoms with Crippen molar-refractivity contribution in [1.82, 2.24) is 5.32 Å². The fourth-order valence-corrected chi connectivity index (χ4v) is 2.26. The highest BCUT2D eigenvalue weighted by atomic mass is 16.5. The average molecular weight is 293 g/mol. The maximum atomic E-state index is 12.2. The van der Waals surface area contributed by atoms with Gasteiger partial charge in [0, 0.05) is 12.6 Å². The minimum Gasteiger partial charge on any atom is -0.496 e. The molecule has 4 nitrogen and oxygen atoms in total. The monoisotopic (exact) mass is 293 g/mol. The number of amides is 1. The summed E-state index contributed by atoms with van der Waals surface area (Å²) in [7, 11) is 1.63. The third-order valence-corrected chi connectivity index (χ3v) is 3.64. The van der Waals surface area contributed by atoms with Gasteiger partial charge in [0.05, 0.1) is 13.5 Å². The van der Waals surface area contributed by atoms with Crippen molar-refractivity contribution in [1.29, 1.82) is 0 Å². The molecule has 0 heterocycles. The number of benzene rings is 1. The lowest BCUT2D eigenvalue weighted by atomic mass is 9.85. The van der Waals surface area contributed by atoms with Gasteiger partial charge in [-0.3, -0.25) is 4.79 Å². The van der Waals surface area contributed by atoms with Gasteiger partial charge in [0.1, 0.15) is 5.75 Å². The molecule has 1 aromatic carbocycles. The zero-order valence-corrected chi connectivity index (χ0v) is 13.7. The lowest BCUT2D eigenvalue weighted by Gasteiger charge is -2.31. The number of hydrogen-bond donors (Lipinski definition) is 2. The van der Waals surface area contributed by atoms with Gasteiger partial charge in [0.15, 0.2) is 0 Å². The first-order valence-electron chi connectivity index (χ1n) is 7.31. The standard InChI is InChI=1S/C17H27NO3/c1-12-6-7-13(10-14(12)21-5)11-16(20)18-15(8-9-19)17(2,3)4/h6-7,10,15,19H,8-9,11H2,1-5H3,(H,18,20). The Labute approximate surface area is 127 Å². The highest BCUT2D eigenvalue weighted by Gasteiger charge is 2.25. The largest absolute Gasteiger partial charge is 0.496 e. The lowest BCUT2D eigenvalue weighted by Crippen LogP contribution is -2.44. The summed E-state index contributed by atoms with van der Waals surface area (Å²) < 4.78 is 5.28. The third kappa shape index (κ3) is 5.38. The van der Waals surface area contributed by atoms with Gasteiger partial charge in [-0.05, 0) is 36.0 Å². The molecular formula is C17H27NO3. The van der Waals surface area contributed by atoms with E-state index in [1.807, 2.05) is 25.1 Å². The Balaban J connectivity index is 2.72. The minimum atomic E-state index is -0.0800. The molecule has 0 fully saturated rings. The van der Waals surface area contributed by atoms with E-state index in [1.165, 1.54) is 0 Å². The summed E-state index contributed by atoms with van der Waals surface area (Å²) >= 11 is 0. The molecule has 1 atom stereocenters. The van der Waals surface area contributed by atoms with Crippen LogP contribution in [0.3, 0.4) is 0 Å². The van der Waals surface area contributed by atoms with Crippen molar-refractivity contribution in [3.63, 3.8) is 0 Å². The Kier molecular flexibility index (Phi) is 6.21. The van der Waals surface area contributed by atoms with Crippen molar-refractivity contribution < 1.29 is 14.6 Å². The predicted molar refractivity (Wildman–Crippen MR) is 84.5 cm³/mol. The molecule has 0 saturated carbocycles. The second kappa shape index (κ2) is 7.46. The van der Waals surface area contributed by atoms with E-state index in [1.54, 1.807) is 7.11 Å². The van der Waals surface area contributed by atoms with Gasteiger partial charge in [0.25, 0.3) is 0 Å². The Morgan fingerprint density at radius 1 is 1.38 bits per heavy atom. The molecule has 0 aliphatic heterocycles. The SMILES string of the molecule is COc1cc(CC(=O)NC(CCO)C(C)(C)C)ccc1C. The molecule has 21 heavy (non-hydrogen) atoms. The van der Waals surface area contributed by atoms with E-state index < -0.39 is 0 Å². The van der Waals surface area contributed by atoms with Crippen molar-refractivity contribution in [2.75, 3.05) is 13.7 Å². The molecule has 0 spiro atoms. The highest BCUT2D eigenvalue weighted by Crippen LogP contribution is 2.22. The highest BCUT2D eigenvalue weighted by molar-refractivity contribution is 5.79. The van der Waals surface area contributed by atoms with E-state index >= 15 is 0 Å². The van der Waals surface area contributed by atoms with Gasteiger partial charge in [-0.15, -0.1) is 0 Å². The van der Waals surface area contributed by atoms with E-state index in [-0.39, 0.29) is 24.0 Å². The molecule has 1 aromatic rings. The summed E-state index contributed by atoms with van der Waals surface area (Å²) in [5.74, 6) is 0.761. The first kappa shape index (κ1) is 17.5. The second-order valence-electron chi connectivity index (χ2n) is 6.48.